The van der Waals surface area contributed by atoms with Crippen LogP contribution in [0.5, 0.6) is 17.6 Å². The van der Waals surface area contributed by atoms with Crippen LogP contribution < -0.4 is 21.3 Å². The Morgan fingerprint density at radius 2 is 2.09 bits per heavy atom. The SMILES string of the molecule is Cc1cc2cc(Oc3nc(=NC4CC4)n4ncc(=Cc5[nH]c(=O)[nH]c5O)c4n3)ccc2[nH]1. The van der Waals surface area contributed by atoms with Crippen molar-refractivity contribution in [3.05, 3.63) is 63.2 Å². The van der Waals surface area contributed by atoms with Crippen LogP contribution in [0.15, 0.2) is 40.2 Å². The second-order valence-corrected chi connectivity index (χ2v) is 7.79. The van der Waals surface area contributed by atoms with E-state index < -0.39 is 5.69 Å². The first-order valence-corrected chi connectivity index (χ1v) is 10.1. The zero-order valence-electron chi connectivity index (χ0n) is 17.0. The van der Waals surface area contributed by atoms with Gasteiger partial charge in [0.25, 0.3) is 5.62 Å². The lowest BCUT2D eigenvalue weighted by molar-refractivity contribution is 0.436. The van der Waals surface area contributed by atoms with E-state index in [1.54, 1.807) is 12.3 Å². The number of hydrogen-bond donors (Lipinski definition) is 4. The summed E-state index contributed by atoms with van der Waals surface area (Å²) in [5.74, 6) is 0.328. The lowest BCUT2D eigenvalue weighted by Crippen LogP contribution is -2.23. The molecule has 0 unspecified atom stereocenters. The van der Waals surface area contributed by atoms with Gasteiger partial charge in [-0.2, -0.15) is 19.6 Å². The molecule has 1 aliphatic carbocycles. The van der Waals surface area contributed by atoms with Gasteiger partial charge >= 0.3 is 11.7 Å². The smallest absolute Gasteiger partial charge is 0.327 e. The van der Waals surface area contributed by atoms with Crippen LogP contribution in [0, 0.1) is 6.92 Å². The Balaban J connectivity index is 1.50. The van der Waals surface area contributed by atoms with Crippen molar-refractivity contribution >= 4 is 22.6 Å². The first kappa shape index (κ1) is 18.4. The first-order chi connectivity index (χ1) is 15.5. The van der Waals surface area contributed by atoms with Crippen LogP contribution >= 0.6 is 0 Å². The van der Waals surface area contributed by atoms with Crippen LogP contribution in [0.2, 0.25) is 0 Å². The van der Waals surface area contributed by atoms with Gasteiger partial charge in [0.05, 0.1) is 12.2 Å². The molecule has 1 aliphatic rings. The fourth-order valence-corrected chi connectivity index (χ4v) is 3.53. The topological polar surface area (TPSA) is 149 Å². The number of nitrogens with zero attached hydrogens (tertiary/aromatic N) is 5. The second kappa shape index (κ2) is 6.80. The molecule has 0 saturated heterocycles. The van der Waals surface area contributed by atoms with E-state index in [0.29, 0.717) is 22.2 Å². The molecule has 0 bridgehead atoms. The molecular formula is C21H18N8O3. The third-order valence-electron chi connectivity index (χ3n) is 5.17. The number of aromatic hydroxyl groups is 1. The van der Waals surface area contributed by atoms with E-state index in [0.717, 1.165) is 29.4 Å². The third-order valence-corrected chi connectivity index (χ3v) is 5.17. The summed E-state index contributed by atoms with van der Waals surface area (Å²) in [6.07, 6.45) is 5.15. The van der Waals surface area contributed by atoms with Crippen molar-refractivity contribution in [1.82, 2.24) is 34.5 Å². The maximum absolute atomic E-state index is 11.5. The minimum absolute atomic E-state index is 0.130. The van der Waals surface area contributed by atoms with E-state index in [2.05, 4.69) is 35.0 Å². The molecule has 160 valence electrons. The maximum Gasteiger partial charge on any atom is 0.327 e. The van der Waals surface area contributed by atoms with Crippen molar-refractivity contribution in [2.45, 2.75) is 25.8 Å². The van der Waals surface area contributed by atoms with Gasteiger partial charge in [-0.1, -0.05) is 0 Å². The number of benzene rings is 1. The highest BCUT2D eigenvalue weighted by atomic mass is 16.5. The Morgan fingerprint density at radius 1 is 1.22 bits per heavy atom. The summed E-state index contributed by atoms with van der Waals surface area (Å²) in [7, 11) is 0. The van der Waals surface area contributed by atoms with Crippen molar-refractivity contribution in [1.29, 1.82) is 0 Å². The molecule has 32 heavy (non-hydrogen) atoms. The summed E-state index contributed by atoms with van der Waals surface area (Å²) in [4.78, 5) is 33.2. The first-order valence-electron chi connectivity index (χ1n) is 10.1. The van der Waals surface area contributed by atoms with Crippen LogP contribution in [0.1, 0.15) is 24.2 Å². The monoisotopic (exact) mass is 430 g/mol. The second-order valence-electron chi connectivity index (χ2n) is 7.79. The van der Waals surface area contributed by atoms with Gasteiger partial charge in [-0.05, 0) is 50.1 Å². The van der Waals surface area contributed by atoms with E-state index in [1.807, 2.05) is 31.2 Å². The molecule has 5 aromatic rings. The van der Waals surface area contributed by atoms with Gasteiger partial charge in [0, 0.05) is 21.8 Å². The molecule has 1 fully saturated rings. The van der Waals surface area contributed by atoms with Gasteiger partial charge in [-0.25, -0.2) is 9.79 Å². The summed E-state index contributed by atoms with van der Waals surface area (Å²) < 4.78 is 7.51. The predicted molar refractivity (Wildman–Crippen MR) is 114 cm³/mol. The van der Waals surface area contributed by atoms with E-state index in [1.165, 1.54) is 4.52 Å². The van der Waals surface area contributed by atoms with Crippen LogP contribution in [0.4, 0.5) is 0 Å². The minimum Gasteiger partial charge on any atom is -0.493 e. The standard InChI is InChI=1S/C21H18N8O3/c1-10-6-11-7-14(4-5-15(11)23-10)32-21-26-17-12(8-16-18(30)27-20(31)25-16)9-22-29(17)19(28-21)24-13-2-3-13/h4-9,13,23,30H,2-3H2,1H3,(H2,25,27,31). The van der Waals surface area contributed by atoms with Crippen LogP contribution in [-0.2, 0) is 0 Å². The van der Waals surface area contributed by atoms with Gasteiger partial charge in [-0.15, -0.1) is 0 Å². The summed E-state index contributed by atoms with van der Waals surface area (Å²) >= 11 is 0. The molecule has 11 heteroatoms. The highest BCUT2D eigenvalue weighted by Crippen LogP contribution is 2.25. The summed E-state index contributed by atoms with van der Waals surface area (Å²) in [6, 6.07) is 8.07. The van der Waals surface area contributed by atoms with Crippen LogP contribution in [0.3, 0.4) is 0 Å². The Labute approximate surface area is 179 Å². The average Bonchev–Trinajstić information content (AvgIpc) is 3.21. The highest BCUT2D eigenvalue weighted by Gasteiger charge is 2.21. The number of H-pyrrole nitrogens is 3. The lowest BCUT2D eigenvalue weighted by Gasteiger charge is -2.04. The van der Waals surface area contributed by atoms with Gasteiger partial charge < -0.3 is 19.8 Å². The number of fused-ring (bicyclic) bond motifs is 2. The number of aromatic amines is 3. The Hall–Kier alpha value is -4.41. The maximum atomic E-state index is 11.5. The Morgan fingerprint density at radius 3 is 2.88 bits per heavy atom. The summed E-state index contributed by atoms with van der Waals surface area (Å²) in [6.45, 7) is 2.00. The van der Waals surface area contributed by atoms with Crippen molar-refractivity contribution in [3.63, 3.8) is 0 Å². The van der Waals surface area contributed by atoms with Gasteiger partial charge in [0.2, 0.25) is 5.88 Å². The van der Waals surface area contributed by atoms with Crippen molar-refractivity contribution in [2.24, 2.45) is 4.99 Å². The minimum atomic E-state index is -0.510. The molecule has 0 radical (unpaired) electrons. The molecule has 0 spiro atoms. The fourth-order valence-electron chi connectivity index (χ4n) is 3.53. The largest absolute Gasteiger partial charge is 0.493 e. The summed E-state index contributed by atoms with van der Waals surface area (Å²) in [5.41, 5.74) is 2.62. The van der Waals surface area contributed by atoms with Crippen LogP contribution in [0.25, 0.3) is 22.6 Å². The fraction of sp³-hybridized carbons (Fsp3) is 0.190. The molecule has 4 N–H and O–H groups in total. The molecule has 1 saturated carbocycles. The van der Waals surface area contributed by atoms with E-state index >= 15 is 0 Å². The Bertz CT molecular complexity index is 1670. The number of hydrogen-bond acceptors (Lipinski definition) is 7. The average molecular weight is 430 g/mol. The number of aryl methyl sites for hydroxylation is 1. The van der Waals surface area contributed by atoms with Gasteiger partial charge in [0.1, 0.15) is 11.4 Å². The molecule has 4 heterocycles. The number of ether oxygens (including phenoxy) is 1. The zero-order valence-corrected chi connectivity index (χ0v) is 17.0. The normalized spacial score (nSPS) is 15.3. The lowest BCUT2D eigenvalue weighted by atomic mass is 10.2. The highest BCUT2D eigenvalue weighted by molar-refractivity contribution is 5.81. The number of nitrogens with one attached hydrogen (secondary N) is 3. The molecule has 1 aromatic carbocycles. The predicted octanol–water partition coefficient (Wildman–Crippen LogP) is 1.04. The molecule has 4 aromatic heterocycles. The molecule has 11 nitrogen and oxygen atoms in total. The molecule has 0 aliphatic heterocycles. The van der Waals surface area contributed by atoms with E-state index in [-0.39, 0.29) is 23.6 Å². The molecule has 0 amide bonds. The van der Waals surface area contributed by atoms with Crippen molar-refractivity contribution in [3.8, 4) is 17.6 Å². The Kier molecular flexibility index (Phi) is 3.90. The number of aromatic nitrogens is 7. The van der Waals surface area contributed by atoms with Crippen molar-refractivity contribution < 1.29 is 9.84 Å². The number of imidazole rings is 1. The van der Waals surface area contributed by atoms with Crippen LogP contribution in [-0.4, -0.2) is 45.7 Å². The molecule has 6 rings (SSSR count). The zero-order chi connectivity index (χ0) is 21.8. The molecular weight excluding hydrogens is 412 g/mol. The quantitative estimate of drug-likeness (QED) is 0.335. The van der Waals surface area contributed by atoms with Gasteiger partial charge in [-0.3, -0.25) is 4.98 Å². The van der Waals surface area contributed by atoms with E-state index in [9.17, 15) is 9.90 Å². The van der Waals surface area contributed by atoms with Gasteiger partial charge in [0.15, 0.2) is 5.65 Å². The molecule has 0 atom stereocenters. The third kappa shape index (κ3) is 3.29. The number of rotatable bonds is 4. The van der Waals surface area contributed by atoms with Crippen molar-refractivity contribution in [2.75, 3.05) is 0 Å². The van der Waals surface area contributed by atoms with E-state index in [4.69, 9.17) is 4.74 Å². The summed E-state index contributed by atoms with van der Waals surface area (Å²) in [5, 5.41) is 15.8.